The van der Waals surface area contributed by atoms with E-state index in [9.17, 15) is 9.59 Å². The van der Waals surface area contributed by atoms with E-state index in [4.69, 9.17) is 4.74 Å². The minimum atomic E-state index is -0.122. The maximum absolute atomic E-state index is 13.4. The smallest absolute Gasteiger partial charge is 0.242 e. The van der Waals surface area contributed by atoms with E-state index in [1.165, 1.54) is 16.0 Å². The van der Waals surface area contributed by atoms with Gasteiger partial charge in [-0.1, -0.05) is 24.6 Å². The molecule has 1 aromatic carbocycles. The number of ether oxygens (including phenoxy) is 1. The molecule has 1 aliphatic carbocycles. The number of aryl methyl sites for hydroxylation is 2. The second-order valence-corrected chi connectivity index (χ2v) is 9.77. The molecule has 2 heterocycles. The van der Waals surface area contributed by atoms with Gasteiger partial charge in [-0.2, -0.15) is 0 Å². The van der Waals surface area contributed by atoms with Gasteiger partial charge in [-0.05, 0) is 68.2 Å². The predicted octanol–water partition coefficient (Wildman–Crippen LogP) is 4.52. The van der Waals surface area contributed by atoms with E-state index in [0.717, 1.165) is 37.0 Å². The minimum absolute atomic E-state index is 0.0218. The van der Waals surface area contributed by atoms with Gasteiger partial charge in [-0.3, -0.25) is 9.59 Å². The molecule has 0 radical (unpaired) electrons. The van der Waals surface area contributed by atoms with Crippen molar-refractivity contribution < 1.29 is 14.3 Å². The standard InChI is InChI=1S/C25H32N2O3S/c1-4-11-26(25(29)19-6-7-19)15-24(28)27-12-9-23-20(10-13-31-23)21(27)16-30-22-8-5-17(2)14-18(22)3/h5,8,10,13-14,19,21H,4,6-7,9,11-12,15-16H2,1-3H3. The van der Waals surface area contributed by atoms with Crippen LogP contribution in [0.2, 0.25) is 0 Å². The van der Waals surface area contributed by atoms with E-state index in [0.29, 0.717) is 19.7 Å². The zero-order valence-corrected chi connectivity index (χ0v) is 19.5. The van der Waals surface area contributed by atoms with Crippen molar-refractivity contribution in [1.82, 2.24) is 9.80 Å². The van der Waals surface area contributed by atoms with Crippen LogP contribution in [0.4, 0.5) is 0 Å². The van der Waals surface area contributed by atoms with Gasteiger partial charge in [0.2, 0.25) is 11.8 Å². The number of rotatable bonds is 8. The first-order valence-electron chi connectivity index (χ1n) is 11.3. The molecule has 1 unspecified atom stereocenters. The van der Waals surface area contributed by atoms with Crippen LogP contribution in [0.5, 0.6) is 5.75 Å². The average Bonchev–Trinajstić information content (AvgIpc) is 3.48. The summed E-state index contributed by atoms with van der Waals surface area (Å²) in [6.07, 6.45) is 3.64. The molecule has 4 rings (SSSR count). The van der Waals surface area contributed by atoms with Gasteiger partial charge in [-0.25, -0.2) is 0 Å². The second-order valence-electron chi connectivity index (χ2n) is 8.77. The van der Waals surface area contributed by atoms with E-state index in [1.54, 1.807) is 16.2 Å². The van der Waals surface area contributed by atoms with Crippen LogP contribution >= 0.6 is 11.3 Å². The molecule has 2 aromatic rings. The molecule has 1 aromatic heterocycles. The molecule has 0 N–H and O–H groups in total. The van der Waals surface area contributed by atoms with Crippen LogP contribution in [0.25, 0.3) is 0 Å². The third-order valence-electron chi connectivity index (χ3n) is 6.20. The molecule has 166 valence electrons. The van der Waals surface area contributed by atoms with Gasteiger partial charge in [0.1, 0.15) is 12.4 Å². The van der Waals surface area contributed by atoms with Crippen LogP contribution in [0, 0.1) is 19.8 Å². The van der Waals surface area contributed by atoms with Gasteiger partial charge in [0.15, 0.2) is 0 Å². The van der Waals surface area contributed by atoms with Crippen LogP contribution in [0.15, 0.2) is 29.6 Å². The Kier molecular flexibility index (Phi) is 6.65. The van der Waals surface area contributed by atoms with E-state index in [1.807, 2.05) is 24.0 Å². The number of nitrogens with zero attached hydrogens (tertiary/aromatic N) is 2. The molecule has 2 aliphatic rings. The average molecular weight is 441 g/mol. The quantitative estimate of drug-likeness (QED) is 0.606. The Labute approximate surface area is 189 Å². The van der Waals surface area contributed by atoms with Crippen molar-refractivity contribution >= 4 is 23.2 Å². The molecular formula is C25H32N2O3S. The van der Waals surface area contributed by atoms with Crippen molar-refractivity contribution in [1.29, 1.82) is 0 Å². The molecule has 0 bridgehead atoms. The maximum atomic E-state index is 13.4. The Morgan fingerprint density at radius 2 is 2.03 bits per heavy atom. The van der Waals surface area contributed by atoms with Crippen molar-refractivity contribution in [2.24, 2.45) is 5.92 Å². The van der Waals surface area contributed by atoms with Gasteiger partial charge in [0.25, 0.3) is 0 Å². The summed E-state index contributed by atoms with van der Waals surface area (Å²) >= 11 is 1.75. The van der Waals surface area contributed by atoms with Crippen LogP contribution in [-0.2, 0) is 16.0 Å². The monoisotopic (exact) mass is 440 g/mol. The largest absolute Gasteiger partial charge is 0.491 e. The molecule has 0 spiro atoms. The highest BCUT2D eigenvalue weighted by Crippen LogP contribution is 2.35. The SMILES string of the molecule is CCCN(CC(=O)N1CCc2sccc2C1COc1ccc(C)cc1C)C(=O)C1CC1. The van der Waals surface area contributed by atoms with Crippen LogP contribution in [-0.4, -0.2) is 47.9 Å². The molecule has 6 heteroatoms. The molecule has 1 atom stereocenters. The number of benzene rings is 1. The highest BCUT2D eigenvalue weighted by Gasteiger charge is 2.37. The summed E-state index contributed by atoms with van der Waals surface area (Å²) in [5.41, 5.74) is 3.49. The fourth-order valence-electron chi connectivity index (χ4n) is 4.38. The highest BCUT2D eigenvalue weighted by atomic mass is 32.1. The van der Waals surface area contributed by atoms with Crippen molar-refractivity contribution in [2.45, 2.75) is 52.5 Å². The van der Waals surface area contributed by atoms with E-state index < -0.39 is 0 Å². The fourth-order valence-corrected chi connectivity index (χ4v) is 5.31. The molecule has 31 heavy (non-hydrogen) atoms. The Morgan fingerprint density at radius 1 is 1.23 bits per heavy atom. The van der Waals surface area contributed by atoms with E-state index in [2.05, 4.69) is 31.4 Å². The summed E-state index contributed by atoms with van der Waals surface area (Å²) in [5.74, 6) is 1.16. The Hall–Kier alpha value is -2.34. The van der Waals surface area contributed by atoms with Crippen LogP contribution in [0.1, 0.15) is 53.8 Å². The predicted molar refractivity (Wildman–Crippen MR) is 123 cm³/mol. The van der Waals surface area contributed by atoms with Gasteiger partial charge in [0.05, 0.1) is 12.6 Å². The maximum Gasteiger partial charge on any atom is 0.242 e. The molecule has 0 saturated heterocycles. The second kappa shape index (κ2) is 9.43. The van der Waals surface area contributed by atoms with E-state index in [-0.39, 0.29) is 30.3 Å². The summed E-state index contributed by atoms with van der Waals surface area (Å²) in [6.45, 7) is 8.07. The number of thiophene rings is 1. The summed E-state index contributed by atoms with van der Waals surface area (Å²) in [4.78, 5) is 31.1. The third-order valence-corrected chi connectivity index (χ3v) is 7.20. The van der Waals surface area contributed by atoms with Gasteiger partial charge >= 0.3 is 0 Å². The van der Waals surface area contributed by atoms with Crippen molar-refractivity contribution in [2.75, 3.05) is 26.2 Å². The lowest BCUT2D eigenvalue weighted by atomic mass is 10.00. The first-order valence-corrected chi connectivity index (χ1v) is 12.2. The number of hydrogen-bond donors (Lipinski definition) is 0. The third kappa shape index (κ3) is 4.95. The summed E-state index contributed by atoms with van der Waals surface area (Å²) in [5, 5.41) is 2.10. The number of fused-ring (bicyclic) bond motifs is 1. The van der Waals surface area contributed by atoms with Gasteiger partial charge < -0.3 is 14.5 Å². The molecule has 1 saturated carbocycles. The van der Waals surface area contributed by atoms with Crippen molar-refractivity contribution in [3.63, 3.8) is 0 Å². The lowest BCUT2D eigenvalue weighted by Gasteiger charge is -2.37. The topological polar surface area (TPSA) is 49.9 Å². The lowest BCUT2D eigenvalue weighted by molar-refractivity contribution is -0.143. The number of carbonyl (C=O) groups excluding carboxylic acids is 2. The van der Waals surface area contributed by atoms with Crippen molar-refractivity contribution in [3.8, 4) is 5.75 Å². The highest BCUT2D eigenvalue weighted by molar-refractivity contribution is 7.10. The Bertz CT molecular complexity index is 950. The summed E-state index contributed by atoms with van der Waals surface area (Å²) in [6, 6.07) is 8.16. The van der Waals surface area contributed by atoms with Gasteiger partial charge in [-0.15, -0.1) is 11.3 Å². The van der Waals surface area contributed by atoms with Gasteiger partial charge in [0, 0.05) is 23.9 Å². The van der Waals surface area contributed by atoms with Crippen LogP contribution < -0.4 is 4.74 Å². The first kappa shape index (κ1) is 21.9. The number of carbonyl (C=O) groups is 2. The van der Waals surface area contributed by atoms with E-state index >= 15 is 0 Å². The summed E-state index contributed by atoms with van der Waals surface area (Å²) in [7, 11) is 0. The Morgan fingerprint density at radius 3 is 2.74 bits per heavy atom. The molecule has 1 aliphatic heterocycles. The molecular weight excluding hydrogens is 408 g/mol. The normalized spacial score (nSPS) is 17.9. The molecule has 2 amide bonds. The van der Waals surface area contributed by atoms with Crippen molar-refractivity contribution in [3.05, 3.63) is 51.2 Å². The fraction of sp³-hybridized carbons (Fsp3) is 0.520. The molecule has 1 fully saturated rings. The summed E-state index contributed by atoms with van der Waals surface area (Å²) < 4.78 is 6.22. The molecule has 5 nitrogen and oxygen atoms in total. The lowest BCUT2D eigenvalue weighted by Crippen LogP contribution is -2.48. The zero-order chi connectivity index (χ0) is 22.0. The zero-order valence-electron chi connectivity index (χ0n) is 18.7. The minimum Gasteiger partial charge on any atom is -0.491 e. The number of amides is 2. The Balaban J connectivity index is 1.50. The van der Waals surface area contributed by atoms with Crippen LogP contribution in [0.3, 0.4) is 0 Å². The number of hydrogen-bond acceptors (Lipinski definition) is 4. The first-order chi connectivity index (χ1) is 15.0.